The van der Waals surface area contributed by atoms with Gasteiger partial charge in [-0.15, -0.1) is 0 Å². The summed E-state index contributed by atoms with van der Waals surface area (Å²) in [7, 11) is 0. The molecule has 0 rings (SSSR count). The van der Waals surface area contributed by atoms with Crippen LogP contribution in [0.1, 0.15) is 33.1 Å². The highest BCUT2D eigenvalue weighted by molar-refractivity contribution is 4.76. The number of rotatable bonds is 6. The van der Waals surface area contributed by atoms with Gasteiger partial charge in [0.15, 0.2) is 0 Å². The van der Waals surface area contributed by atoms with Crippen molar-refractivity contribution in [3.8, 4) is 0 Å². The Morgan fingerprint density at radius 1 is 1.17 bits per heavy atom. The maximum Gasteiger partial charge on any atom is 0.0613 e. The highest BCUT2D eigenvalue weighted by atomic mass is 16.3. The van der Waals surface area contributed by atoms with Crippen LogP contribution in [0.15, 0.2) is 0 Å². The molecule has 0 radical (unpaired) electrons. The van der Waals surface area contributed by atoms with Crippen LogP contribution in [-0.2, 0) is 0 Å². The minimum absolute atomic E-state index is 0.00666. The van der Waals surface area contributed by atoms with Crippen LogP contribution >= 0.6 is 0 Å². The van der Waals surface area contributed by atoms with Crippen molar-refractivity contribution in [2.45, 2.75) is 39.2 Å². The predicted molar refractivity (Wildman–Crippen MR) is 47.8 cm³/mol. The van der Waals surface area contributed by atoms with E-state index in [1.54, 1.807) is 0 Å². The second-order valence-corrected chi connectivity index (χ2v) is 3.88. The monoisotopic (exact) mass is 176 g/mol. The van der Waals surface area contributed by atoms with Gasteiger partial charge >= 0.3 is 0 Å². The normalized spacial score (nSPS) is 14.8. The fraction of sp³-hybridized carbons (Fsp3) is 1.00. The van der Waals surface area contributed by atoms with Gasteiger partial charge in [0, 0.05) is 12.0 Å². The highest BCUT2D eigenvalue weighted by Gasteiger charge is 2.25. The van der Waals surface area contributed by atoms with E-state index >= 15 is 0 Å². The molecule has 0 aliphatic heterocycles. The fourth-order valence-electron chi connectivity index (χ4n) is 0.946. The molecule has 3 nitrogen and oxygen atoms in total. The second kappa shape index (κ2) is 5.51. The summed E-state index contributed by atoms with van der Waals surface area (Å²) in [6.07, 6.45) is 1.70. The number of hydrogen-bond acceptors (Lipinski definition) is 3. The zero-order chi connectivity index (χ0) is 9.61. The molecule has 1 atom stereocenters. The summed E-state index contributed by atoms with van der Waals surface area (Å²) in [5, 5.41) is 27.0. The van der Waals surface area contributed by atoms with Gasteiger partial charge in [-0.2, -0.15) is 0 Å². The summed E-state index contributed by atoms with van der Waals surface area (Å²) in [5.41, 5.74) is -0.421. The first-order valence-corrected chi connectivity index (χ1v) is 4.44. The lowest BCUT2D eigenvalue weighted by molar-refractivity contribution is 0.000958. The molecule has 0 saturated carbocycles. The molecule has 0 aliphatic rings. The predicted octanol–water partition coefficient (Wildman–Crippen LogP) is 0.528. The molecule has 0 heterocycles. The van der Waals surface area contributed by atoms with E-state index in [1.807, 2.05) is 13.8 Å². The zero-order valence-electron chi connectivity index (χ0n) is 7.95. The Balaban J connectivity index is 3.63. The Morgan fingerprint density at radius 2 is 1.75 bits per heavy atom. The molecule has 3 N–H and O–H groups in total. The van der Waals surface area contributed by atoms with E-state index in [0.717, 1.165) is 12.8 Å². The molecule has 3 heteroatoms. The van der Waals surface area contributed by atoms with Gasteiger partial charge in [0.25, 0.3) is 0 Å². The van der Waals surface area contributed by atoms with Crippen molar-refractivity contribution in [2.24, 2.45) is 5.41 Å². The summed E-state index contributed by atoms with van der Waals surface area (Å²) >= 11 is 0. The minimum Gasteiger partial charge on any atom is -0.396 e. The molecule has 0 aliphatic carbocycles. The Hall–Kier alpha value is -0.120. The third-order valence-electron chi connectivity index (χ3n) is 2.20. The van der Waals surface area contributed by atoms with Gasteiger partial charge in [0.1, 0.15) is 0 Å². The lowest BCUT2D eigenvalue weighted by atomic mass is 9.85. The third-order valence-corrected chi connectivity index (χ3v) is 2.20. The first kappa shape index (κ1) is 11.9. The molecule has 0 aromatic heterocycles. The van der Waals surface area contributed by atoms with Crippen LogP contribution in [0.3, 0.4) is 0 Å². The van der Waals surface area contributed by atoms with Crippen LogP contribution in [-0.4, -0.2) is 34.6 Å². The Kier molecular flexibility index (Phi) is 5.46. The van der Waals surface area contributed by atoms with Crippen LogP contribution in [0.25, 0.3) is 0 Å². The Morgan fingerprint density at radius 3 is 2.17 bits per heavy atom. The topological polar surface area (TPSA) is 60.7 Å². The fourth-order valence-corrected chi connectivity index (χ4v) is 0.946. The summed E-state index contributed by atoms with van der Waals surface area (Å²) in [4.78, 5) is 0. The van der Waals surface area contributed by atoms with Crippen molar-refractivity contribution in [1.82, 2.24) is 0 Å². The summed E-state index contributed by atoms with van der Waals surface area (Å²) < 4.78 is 0. The molecule has 0 amide bonds. The number of aliphatic hydroxyl groups is 3. The van der Waals surface area contributed by atoms with Gasteiger partial charge in [-0.25, -0.2) is 0 Å². The molecular weight excluding hydrogens is 156 g/mol. The number of hydrogen-bond donors (Lipinski definition) is 3. The zero-order valence-corrected chi connectivity index (χ0v) is 7.95. The molecule has 12 heavy (non-hydrogen) atoms. The van der Waals surface area contributed by atoms with E-state index in [2.05, 4.69) is 0 Å². The van der Waals surface area contributed by atoms with Crippen molar-refractivity contribution in [2.75, 3.05) is 13.2 Å². The van der Waals surface area contributed by atoms with Crippen LogP contribution in [0.5, 0.6) is 0 Å². The minimum atomic E-state index is -0.478. The van der Waals surface area contributed by atoms with Gasteiger partial charge in [-0.3, -0.25) is 0 Å². The first-order valence-electron chi connectivity index (χ1n) is 4.44. The van der Waals surface area contributed by atoms with Crippen molar-refractivity contribution in [3.63, 3.8) is 0 Å². The van der Waals surface area contributed by atoms with Gasteiger partial charge in [0.05, 0.1) is 12.7 Å². The van der Waals surface area contributed by atoms with Crippen LogP contribution in [0.2, 0.25) is 0 Å². The molecule has 0 fully saturated rings. The summed E-state index contributed by atoms with van der Waals surface area (Å²) in [6.45, 7) is 3.83. The van der Waals surface area contributed by atoms with E-state index in [4.69, 9.17) is 10.2 Å². The number of aliphatic hydroxyl groups excluding tert-OH is 3. The van der Waals surface area contributed by atoms with Gasteiger partial charge < -0.3 is 15.3 Å². The van der Waals surface area contributed by atoms with Crippen LogP contribution in [0, 0.1) is 5.41 Å². The molecule has 0 spiro atoms. The third kappa shape index (κ3) is 4.04. The highest BCUT2D eigenvalue weighted by Crippen LogP contribution is 2.23. The maximum absolute atomic E-state index is 9.56. The first-order chi connectivity index (χ1) is 5.54. The molecule has 0 aromatic rings. The van der Waals surface area contributed by atoms with Gasteiger partial charge in [0.2, 0.25) is 0 Å². The van der Waals surface area contributed by atoms with E-state index in [0.29, 0.717) is 6.42 Å². The van der Waals surface area contributed by atoms with E-state index in [9.17, 15) is 5.11 Å². The quantitative estimate of drug-likeness (QED) is 0.517. The van der Waals surface area contributed by atoms with Crippen LogP contribution < -0.4 is 0 Å². The van der Waals surface area contributed by atoms with Crippen molar-refractivity contribution < 1.29 is 15.3 Å². The maximum atomic E-state index is 9.56. The Bertz CT molecular complexity index is 112. The largest absolute Gasteiger partial charge is 0.396 e. The lowest BCUT2D eigenvalue weighted by Gasteiger charge is -2.28. The summed E-state index contributed by atoms with van der Waals surface area (Å²) in [6, 6.07) is 0. The smallest absolute Gasteiger partial charge is 0.0613 e. The van der Waals surface area contributed by atoms with Crippen molar-refractivity contribution >= 4 is 0 Å². The van der Waals surface area contributed by atoms with E-state index in [1.165, 1.54) is 0 Å². The molecule has 0 bridgehead atoms. The van der Waals surface area contributed by atoms with Gasteiger partial charge in [-0.1, -0.05) is 13.8 Å². The standard InChI is InChI=1S/C9H20O3/c1-9(2,7-11)8(12)5-3-4-6-10/h8,10-12H,3-7H2,1-2H3. The van der Waals surface area contributed by atoms with E-state index < -0.39 is 11.5 Å². The van der Waals surface area contributed by atoms with Crippen LogP contribution in [0.4, 0.5) is 0 Å². The van der Waals surface area contributed by atoms with Gasteiger partial charge in [-0.05, 0) is 19.3 Å². The second-order valence-electron chi connectivity index (χ2n) is 3.88. The SMILES string of the molecule is CC(C)(CO)C(O)CCCCO. The molecule has 1 unspecified atom stereocenters. The molecule has 0 saturated heterocycles. The summed E-state index contributed by atoms with van der Waals surface area (Å²) in [5.74, 6) is 0. The average Bonchev–Trinajstić information content (AvgIpc) is 2.05. The van der Waals surface area contributed by atoms with E-state index in [-0.39, 0.29) is 13.2 Å². The number of unbranched alkanes of at least 4 members (excludes halogenated alkanes) is 1. The van der Waals surface area contributed by atoms with Crippen molar-refractivity contribution in [1.29, 1.82) is 0 Å². The average molecular weight is 176 g/mol. The molecule has 0 aromatic carbocycles. The molecule has 74 valence electrons. The van der Waals surface area contributed by atoms with Crippen molar-refractivity contribution in [3.05, 3.63) is 0 Å². The lowest BCUT2D eigenvalue weighted by Crippen LogP contribution is -2.32. The Labute approximate surface area is 74.0 Å². The molecular formula is C9H20O3.